The number of nitrogens with zero attached hydrogens (tertiary/aromatic N) is 2. The summed E-state index contributed by atoms with van der Waals surface area (Å²) in [5, 5.41) is 0. The summed E-state index contributed by atoms with van der Waals surface area (Å²) in [5.41, 5.74) is 3.41. The molecule has 0 aliphatic carbocycles. The quantitative estimate of drug-likeness (QED) is 0.810. The molecule has 2 rings (SSSR count). The Kier molecular flexibility index (Phi) is 3.38. The van der Waals surface area contributed by atoms with Gasteiger partial charge in [-0.1, -0.05) is 12.1 Å². The minimum absolute atomic E-state index is 0.817. The minimum Gasteiger partial charge on any atom is -0.497 e. The number of aromatic nitrogens is 2. The fourth-order valence-electron chi connectivity index (χ4n) is 1.78. The Morgan fingerprint density at radius 2 is 2.06 bits per heavy atom. The third-order valence-corrected chi connectivity index (χ3v) is 2.73. The molecule has 0 bridgehead atoms. The van der Waals surface area contributed by atoms with Crippen molar-refractivity contribution < 1.29 is 4.74 Å². The van der Waals surface area contributed by atoms with Crippen LogP contribution in [0.5, 0.6) is 5.75 Å². The van der Waals surface area contributed by atoms with E-state index in [9.17, 15) is 0 Å². The van der Waals surface area contributed by atoms with Gasteiger partial charge in [0.25, 0.3) is 0 Å². The first-order valence-electron chi connectivity index (χ1n) is 5.61. The highest BCUT2D eigenvalue weighted by atomic mass is 16.5. The molecule has 0 amide bonds. The van der Waals surface area contributed by atoms with Crippen molar-refractivity contribution in [2.24, 2.45) is 0 Å². The second-order valence-corrected chi connectivity index (χ2v) is 4.06. The number of ether oxygens (including phenoxy) is 1. The van der Waals surface area contributed by atoms with E-state index in [-0.39, 0.29) is 0 Å². The molecule has 0 radical (unpaired) electrons. The van der Waals surface area contributed by atoms with E-state index in [1.165, 1.54) is 5.56 Å². The van der Waals surface area contributed by atoms with E-state index in [2.05, 4.69) is 16.0 Å². The highest BCUT2D eigenvalue weighted by Crippen LogP contribution is 2.17. The van der Waals surface area contributed by atoms with Crippen LogP contribution >= 0.6 is 0 Å². The molecule has 1 aromatic carbocycles. The smallest absolute Gasteiger partial charge is 0.125 e. The van der Waals surface area contributed by atoms with Gasteiger partial charge in [-0.25, -0.2) is 9.97 Å². The first-order valence-corrected chi connectivity index (χ1v) is 5.61. The van der Waals surface area contributed by atoms with Crippen molar-refractivity contribution >= 4 is 0 Å². The Hall–Kier alpha value is -1.90. The number of aryl methyl sites for hydroxylation is 2. The third kappa shape index (κ3) is 2.81. The lowest BCUT2D eigenvalue weighted by atomic mass is 10.1. The number of methoxy groups -OCH3 is 1. The molecule has 0 saturated carbocycles. The molecular weight excluding hydrogens is 212 g/mol. The molecule has 0 saturated heterocycles. The molecule has 2 aromatic rings. The van der Waals surface area contributed by atoms with E-state index in [0.717, 1.165) is 29.3 Å². The predicted octanol–water partition coefficient (Wildman–Crippen LogP) is 2.69. The van der Waals surface area contributed by atoms with Gasteiger partial charge in [0.15, 0.2) is 0 Å². The topological polar surface area (TPSA) is 35.0 Å². The highest BCUT2D eigenvalue weighted by molar-refractivity contribution is 5.33. The molecule has 0 spiro atoms. The molecule has 0 aliphatic rings. The van der Waals surface area contributed by atoms with Gasteiger partial charge in [-0.3, -0.25) is 0 Å². The van der Waals surface area contributed by atoms with Crippen LogP contribution in [0, 0.1) is 13.8 Å². The summed E-state index contributed by atoms with van der Waals surface area (Å²) >= 11 is 0. The Labute approximate surface area is 102 Å². The monoisotopic (exact) mass is 228 g/mol. The standard InChI is InChI=1S/C14H16N2O/c1-10-13(9-15-11(2)16-10)7-12-5-4-6-14(8-12)17-3/h4-6,8-9H,7H2,1-3H3. The van der Waals surface area contributed by atoms with E-state index in [4.69, 9.17) is 4.74 Å². The lowest BCUT2D eigenvalue weighted by molar-refractivity contribution is 0.414. The predicted molar refractivity (Wildman–Crippen MR) is 67.3 cm³/mol. The van der Waals surface area contributed by atoms with Gasteiger partial charge in [0.2, 0.25) is 0 Å². The largest absolute Gasteiger partial charge is 0.497 e. The van der Waals surface area contributed by atoms with Crippen LogP contribution in [0.1, 0.15) is 22.6 Å². The fourth-order valence-corrected chi connectivity index (χ4v) is 1.78. The fraction of sp³-hybridized carbons (Fsp3) is 0.286. The Balaban J connectivity index is 2.25. The first-order chi connectivity index (χ1) is 8.19. The Morgan fingerprint density at radius 3 is 2.76 bits per heavy atom. The van der Waals surface area contributed by atoms with Crippen LogP contribution in [-0.4, -0.2) is 17.1 Å². The molecule has 0 unspecified atom stereocenters. The summed E-state index contributed by atoms with van der Waals surface area (Å²) in [5.74, 6) is 1.70. The second kappa shape index (κ2) is 4.95. The molecule has 1 heterocycles. The zero-order chi connectivity index (χ0) is 12.3. The van der Waals surface area contributed by atoms with Gasteiger partial charge in [-0.05, 0) is 37.1 Å². The molecule has 0 aliphatic heterocycles. The van der Waals surface area contributed by atoms with Gasteiger partial charge < -0.3 is 4.74 Å². The molecule has 1 aromatic heterocycles. The van der Waals surface area contributed by atoms with Gasteiger partial charge in [0.1, 0.15) is 11.6 Å². The first kappa shape index (κ1) is 11.6. The number of hydrogen-bond acceptors (Lipinski definition) is 3. The average Bonchev–Trinajstić information content (AvgIpc) is 2.33. The van der Waals surface area contributed by atoms with Crippen LogP contribution in [-0.2, 0) is 6.42 Å². The molecule has 0 N–H and O–H groups in total. The van der Waals surface area contributed by atoms with Crippen molar-refractivity contribution in [2.75, 3.05) is 7.11 Å². The summed E-state index contributed by atoms with van der Waals surface area (Å²) < 4.78 is 5.21. The Bertz CT molecular complexity index is 523. The van der Waals surface area contributed by atoms with Crippen LogP contribution in [0.25, 0.3) is 0 Å². The van der Waals surface area contributed by atoms with E-state index in [1.807, 2.05) is 38.2 Å². The van der Waals surface area contributed by atoms with Crippen molar-refractivity contribution in [3.63, 3.8) is 0 Å². The zero-order valence-electron chi connectivity index (χ0n) is 10.4. The number of hydrogen-bond donors (Lipinski definition) is 0. The van der Waals surface area contributed by atoms with Gasteiger partial charge in [-0.2, -0.15) is 0 Å². The van der Waals surface area contributed by atoms with Crippen molar-refractivity contribution in [1.82, 2.24) is 9.97 Å². The third-order valence-electron chi connectivity index (χ3n) is 2.73. The number of rotatable bonds is 3. The molecule has 3 nitrogen and oxygen atoms in total. The molecule has 0 fully saturated rings. The summed E-state index contributed by atoms with van der Waals surface area (Å²) in [6, 6.07) is 8.07. The van der Waals surface area contributed by atoms with Crippen LogP contribution in [0.2, 0.25) is 0 Å². The molecular formula is C14H16N2O. The summed E-state index contributed by atoms with van der Waals surface area (Å²) in [6.45, 7) is 3.92. The van der Waals surface area contributed by atoms with Crippen molar-refractivity contribution in [2.45, 2.75) is 20.3 Å². The lowest BCUT2D eigenvalue weighted by Crippen LogP contribution is -1.99. The van der Waals surface area contributed by atoms with Gasteiger partial charge in [-0.15, -0.1) is 0 Å². The SMILES string of the molecule is COc1cccc(Cc2cnc(C)nc2C)c1. The molecule has 17 heavy (non-hydrogen) atoms. The van der Waals surface area contributed by atoms with E-state index < -0.39 is 0 Å². The normalized spacial score (nSPS) is 10.3. The van der Waals surface area contributed by atoms with Crippen LogP contribution in [0.15, 0.2) is 30.5 Å². The van der Waals surface area contributed by atoms with Crippen LogP contribution < -0.4 is 4.74 Å². The van der Waals surface area contributed by atoms with E-state index >= 15 is 0 Å². The minimum atomic E-state index is 0.817. The van der Waals surface area contributed by atoms with Crippen molar-refractivity contribution in [1.29, 1.82) is 0 Å². The molecule has 0 atom stereocenters. The summed E-state index contributed by atoms with van der Waals surface area (Å²) in [6.07, 6.45) is 2.74. The average molecular weight is 228 g/mol. The maximum absolute atomic E-state index is 5.21. The zero-order valence-corrected chi connectivity index (χ0v) is 10.4. The van der Waals surface area contributed by atoms with Gasteiger partial charge in [0, 0.05) is 18.3 Å². The second-order valence-electron chi connectivity index (χ2n) is 4.06. The molecule has 88 valence electrons. The van der Waals surface area contributed by atoms with Gasteiger partial charge >= 0.3 is 0 Å². The molecule has 3 heteroatoms. The van der Waals surface area contributed by atoms with E-state index in [0.29, 0.717) is 0 Å². The summed E-state index contributed by atoms with van der Waals surface area (Å²) in [4.78, 5) is 8.61. The lowest BCUT2D eigenvalue weighted by Gasteiger charge is -2.07. The summed E-state index contributed by atoms with van der Waals surface area (Å²) in [7, 11) is 1.68. The van der Waals surface area contributed by atoms with Crippen molar-refractivity contribution in [3.8, 4) is 5.75 Å². The maximum Gasteiger partial charge on any atom is 0.125 e. The van der Waals surface area contributed by atoms with Crippen molar-refractivity contribution in [3.05, 3.63) is 53.1 Å². The Morgan fingerprint density at radius 1 is 1.24 bits per heavy atom. The maximum atomic E-state index is 5.21. The van der Waals surface area contributed by atoms with Crippen LogP contribution in [0.4, 0.5) is 0 Å². The van der Waals surface area contributed by atoms with Gasteiger partial charge in [0.05, 0.1) is 7.11 Å². The van der Waals surface area contributed by atoms with E-state index in [1.54, 1.807) is 7.11 Å². The highest BCUT2D eigenvalue weighted by Gasteiger charge is 2.03. The van der Waals surface area contributed by atoms with Crippen LogP contribution in [0.3, 0.4) is 0 Å². The number of benzene rings is 1.